The van der Waals surface area contributed by atoms with Crippen molar-refractivity contribution in [1.29, 1.82) is 0 Å². The maximum absolute atomic E-state index is 11.9. The van der Waals surface area contributed by atoms with Crippen LogP contribution in [0.2, 0.25) is 0 Å². The highest BCUT2D eigenvalue weighted by Gasteiger charge is 2.18. The van der Waals surface area contributed by atoms with E-state index in [9.17, 15) is 9.59 Å². The van der Waals surface area contributed by atoms with Crippen molar-refractivity contribution in [2.45, 2.75) is 6.54 Å². The summed E-state index contributed by atoms with van der Waals surface area (Å²) in [5, 5.41) is 24.5. The van der Waals surface area contributed by atoms with E-state index in [1.165, 1.54) is 17.2 Å². The lowest BCUT2D eigenvalue weighted by atomic mass is 10.3. The van der Waals surface area contributed by atoms with Crippen LogP contribution >= 0.6 is 0 Å². The number of carbonyl (C=O) groups excluding carboxylic acids is 1. The Morgan fingerprint density at radius 3 is 2.83 bits per heavy atom. The molecule has 1 rings (SSSR count). The van der Waals surface area contributed by atoms with Gasteiger partial charge in [0.2, 0.25) is 0 Å². The van der Waals surface area contributed by atoms with Gasteiger partial charge in [0, 0.05) is 13.1 Å². The smallest absolute Gasteiger partial charge is 0.325 e. The molecule has 0 saturated carbocycles. The Labute approximate surface area is 103 Å². The van der Waals surface area contributed by atoms with Crippen LogP contribution in [-0.2, 0) is 11.3 Å². The van der Waals surface area contributed by atoms with Crippen LogP contribution in [0.3, 0.4) is 0 Å². The van der Waals surface area contributed by atoms with Crippen LogP contribution in [0.4, 0.5) is 0 Å². The minimum absolute atomic E-state index is 0.0338. The zero-order chi connectivity index (χ0) is 13.5. The summed E-state index contributed by atoms with van der Waals surface area (Å²) in [4.78, 5) is 23.7. The van der Waals surface area contributed by atoms with Crippen LogP contribution < -0.4 is 0 Å². The van der Waals surface area contributed by atoms with Crippen LogP contribution in [0.25, 0.3) is 0 Å². The summed E-state index contributed by atoms with van der Waals surface area (Å²) >= 11 is 0. The standard InChI is InChI=1S/C10H14N4O4/c1-2-3-13(4-5-15)10(18)8-6-14(12-11-8)7-9(16)17/h2,6,15H,1,3-5,7H2,(H,16,17). The molecular formula is C10H14N4O4. The molecule has 1 aromatic rings. The quantitative estimate of drug-likeness (QED) is 0.603. The first-order chi connectivity index (χ1) is 8.58. The second kappa shape index (κ2) is 6.50. The first-order valence-electron chi connectivity index (χ1n) is 5.21. The van der Waals surface area contributed by atoms with Gasteiger partial charge in [-0.15, -0.1) is 11.7 Å². The lowest BCUT2D eigenvalue weighted by Gasteiger charge is -2.18. The first-order valence-corrected chi connectivity index (χ1v) is 5.21. The predicted octanol–water partition coefficient (Wildman–Crippen LogP) is -1.02. The summed E-state index contributed by atoms with van der Waals surface area (Å²) in [6, 6.07) is 0. The second-order valence-corrected chi connectivity index (χ2v) is 3.46. The number of carboxylic acid groups (broad SMARTS) is 1. The minimum atomic E-state index is -1.07. The van der Waals surface area contributed by atoms with Crippen molar-refractivity contribution in [2.75, 3.05) is 19.7 Å². The molecule has 0 fully saturated rings. The average Bonchev–Trinajstić information content (AvgIpc) is 2.75. The van der Waals surface area contributed by atoms with Gasteiger partial charge in [-0.3, -0.25) is 9.59 Å². The highest BCUT2D eigenvalue weighted by Crippen LogP contribution is 2.01. The number of carboxylic acids is 1. The maximum atomic E-state index is 11.9. The maximum Gasteiger partial charge on any atom is 0.325 e. The Kier molecular flexibility index (Phi) is 5.00. The summed E-state index contributed by atoms with van der Waals surface area (Å²) in [7, 11) is 0. The molecule has 0 aliphatic carbocycles. The number of aliphatic hydroxyl groups excluding tert-OH is 1. The molecule has 0 aromatic carbocycles. The second-order valence-electron chi connectivity index (χ2n) is 3.46. The van der Waals surface area contributed by atoms with E-state index in [4.69, 9.17) is 10.2 Å². The van der Waals surface area contributed by atoms with E-state index in [2.05, 4.69) is 16.9 Å². The highest BCUT2D eigenvalue weighted by molar-refractivity contribution is 5.92. The number of rotatable bonds is 7. The third kappa shape index (κ3) is 3.67. The number of hydrogen-bond acceptors (Lipinski definition) is 5. The Balaban J connectivity index is 2.77. The molecule has 2 N–H and O–H groups in total. The third-order valence-corrected chi connectivity index (χ3v) is 2.06. The number of aromatic nitrogens is 3. The molecule has 0 bridgehead atoms. The number of amides is 1. The Hall–Kier alpha value is -2.22. The minimum Gasteiger partial charge on any atom is -0.480 e. The number of aliphatic carboxylic acids is 1. The van der Waals surface area contributed by atoms with Gasteiger partial charge in [0.15, 0.2) is 5.69 Å². The number of hydrogen-bond donors (Lipinski definition) is 2. The fraction of sp³-hybridized carbons (Fsp3) is 0.400. The van der Waals surface area contributed by atoms with Gasteiger partial charge in [-0.2, -0.15) is 0 Å². The van der Waals surface area contributed by atoms with Crippen molar-refractivity contribution in [2.24, 2.45) is 0 Å². The summed E-state index contributed by atoms with van der Waals surface area (Å²) < 4.78 is 1.06. The lowest BCUT2D eigenvalue weighted by Crippen LogP contribution is -2.33. The van der Waals surface area contributed by atoms with Gasteiger partial charge in [-0.1, -0.05) is 11.3 Å². The van der Waals surface area contributed by atoms with Crippen LogP contribution in [0, 0.1) is 0 Å². The molecule has 18 heavy (non-hydrogen) atoms. The fourth-order valence-corrected chi connectivity index (χ4v) is 1.33. The zero-order valence-electron chi connectivity index (χ0n) is 9.69. The third-order valence-electron chi connectivity index (χ3n) is 2.06. The van der Waals surface area contributed by atoms with Crippen LogP contribution in [0.15, 0.2) is 18.9 Å². The lowest BCUT2D eigenvalue weighted by molar-refractivity contribution is -0.137. The Morgan fingerprint density at radius 1 is 1.56 bits per heavy atom. The van der Waals surface area contributed by atoms with E-state index < -0.39 is 11.9 Å². The largest absolute Gasteiger partial charge is 0.480 e. The molecule has 0 radical (unpaired) electrons. The number of carbonyl (C=O) groups is 2. The Bertz CT molecular complexity index is 443. The monoisotopic (exact) mass is 254 g/mol. The molecule has 0 atom stereocenters. The highest BCUT2D eigenvalue weighted by atomic mass is 16.4. The van der Waals surface area contributed by atoms with Crippen LogP contribution in [0.5, 0.6) is 0 Å². The van der Waals surface area contributed by atoms with Gasteiger partial charge in [0.25, 0.3) is 5.91 Å². The van der Waals surface area contributed by atoms with Gasteiger partial charge in [-0.25, -0.2) is 4.68 Å². The predicted molar refractivity (Wildman–Crippen MR) is 60.8 cm³/mol. The molecule has 0 unspecified atom stereocenters. The fourth-order valence-electron chi connectivity index (χ4n) is 1.33. The molecule has 98 valence electrons. The van der Waals surface area contributed by atoms with E-state index in [1.807, 2.05) is 0 Å². The summed E-state index contributed by atoms with van der Waals surface area (Å²) in [5.74, 6) is -1.50. The molecule has 1 aromatic heterocycles. The summed E-state index contributed by atoms with van der Waals surface area (Å²) in [6.07, 6.45) is 2.78. The zero-order valence-corrected chi connectivity index (χ0v) is 9.69. The number of nitrogens with zero attached hydrogens (tertiary/aromatic N) is 4. The van der Waals surface area contributed by atoms with E-state index in [0.717, 1.165) is 4.68 Å². The molecular weight excluding hydrogens is 240 g/mol. The normalized spacial score (nSPS) is 10.1. The van der Waals surface area contributed by atoms with Crippen molar-refractivity contribution in [1.82, 2.24) is 19.9 Å². The first kappa shape index (κ1) is 13.8. The Morgan fingerprint density at radius 2 is 2.28 bits per heavy atom. The van der Waals surface area contributed by atoms with Crippen LogP contribution in [-0.4, -0.2) is 61.7 Å². The summed E-state index contributed by atoms with van der Waals surface area (Å²) in [5.41, 5.74) is 0.0338. The molecule has 8 heteroatoms. The van der Waals surface area contributed by atoms with Gasteiger partial charge in [-0.05, 0) is 0 Å². The van der Waals surface area contributed by atoms with Crippen molar-refractivity contribution in [3.05, 3.63) is 24.5 Å². The van der Waals surface area contributed by atoms with E-state index in [1.54, 1.807) is 0 Å². The van der Waals surface area contributed by atoms with Gasteiger partial charge in [0.1, 0.15) is 6.54 Å². The van der Waals surface area contributed by atoms with Gasteiger partial charge < -0.3 is 15.1 Å². The molecule has 0 spiro atoms. The summed E-state index contributed by atoms with van der Waals surface area (Å²) in [6.45, 7) is 3.39. The van der Waals surface area contributed by atoms with Crippen LogP contribution in [0.1, 0.15) is 10.5 Å². The van der Waals surface area contributed by atoms with Gasteiger partial charge in [0.05, 0.1) is 12.8 Å². The van der Waals surface area contributed by atoms with Gasteiger partial charge >= 0.3 is 5.97 Å². The molecule has 0 aliphatic rings. The van der Waals surface area contributed by atoms with E-state index in [0.29, 0.717) is 0 Å². The average molecular weight is 254 g/mol. The SMILES string of the molecule is C=CCN(CCO)C(=O)c1cn(CC(=O)O)nn1. The molecule has 0 saturated heterocycles. The molecule has 8 nitrogen and oxygen atoms in total. The molecule has 1 amide bonds. The van der Waals surface area contributed by atoms with E-state index in [-0.39, 0.29) is 31.9 Å². The van der Waals surface area contributed by atoms with Crippen molar-refractivity contribution in [3.8, 4) is 0 Å². The van der Waals surface area contributed by atoms with Crippen molar-refractivity contribution < 1.29 is 19.8 Å². The van der Waals surface area contributed by atoms with Crippen molar-refractivity contribution in [3.63, 3.8) is 0 Å². The van der Waals surface area contributed by atoms with Crippen molar-refractivity contribution >= 4 is 11.9 Å². The van der Waals surface area contributed by atoms with E-state index >= 15 is 0 Å². The molecule has 0 aliphatic heterocycles. The number of aliphatic hydroxyl groups is 1. The molecule has 1 heterocycles. The topological polar surface area (TPSA) is 109 Å².